The summed E-state index contributed by atoms with van der Waals surface area (Å²) in [5.41, 5.74) is 0. The van der Waals surface area contributed by atoms with Crippen molar-refractivity contribution in [2.45, 2.75) is 49.9 Å². The Morgan fingerprint density at radius 3 is 1.83 bits per heavy atom. The Balaban J connectivity index is 3.01. The molecule has 0 unspecified atom stereocenters. The zero-order valence-electron chi connectivity index (χ0n) is 7.58. The summed E-state index contributed by atoms with van der Waals surface area (Å²) in [4.78, 5) is 0. The summed E-state index contributed by atoms with van der Waals surface area (Å²) in [6.07, 6.45) is 7.65. The van der Waals surface area contributed by atoms with Crippen LogP contribution >= 0.6 is 26.8 Å². The van der Waals surface area contributed by atoms with E-state index >= 15 is 0 Å². The Hall–Kier alpha value is 1.67. The van der Waals surface area contributed by atoms with E-state index in [0.29, 0.717) is 0 Å². The molecule has 0 aromatic heterocycles. The van der Waals surface area contributed by atoms with Crippen molar-refractivity contribution < 1.29 is 0 Å². The molecule has 0 radical (unpaired) electrons. The van der Waals surface area contributed by atoms with E-state index in [0.717, 1.165) is 10.9 Å². The van der Waals surface area contributed by atoms with E-state index in [1.54, 1.807) is 0 Å². The van der Waals surface area contributed by atoms with E-state index in [2.05, 4.69) is 6.92 Å². The molecule has 0 nitrogen and oxygen atoms in total. The van der Waals surface area contributed by atoms with Crippen molar-refractivity contribution in [2.24, 2.45) is 0 Å². The Labute approximate surface area is 91.0 Å². The van der Waals surface area contributed by atoms with E-state index in [-0.39, 0.29) is 0 Å². The molecule has 0 rings (SSSR count). The van der Waals surface area contributed by atoms with E-state index in [4.69, 9.17) is 26.8 Å². The van der Waals surface area contributed by atoms with Crippen molar-refractivity contribution in [1.82, 2.24) is 0 Å². The predicted molar refractivity (Wildman–Crippen MR) is 61.5 cm³/mol. The second kappa shape index (κ2) is 8.02. The van der Waals surface area contributed by atoms with Crippen LogP contribution < -0.4 is 0 Å². The van der Waals surface area contributed by atoms with Gasteiger partial charge in [-0.05, 0) is 0 Å². The van der Waals surface area contributed by atoms with E-state index in [9.17, 15) is 0 Å². The van der Waals surface area contributed by atoms with Crippen molar-refractivity contribution >= 4 is 41.8 Å². The molecular formula is C8H17Cl3Sn. The number of rotatable bonds is 7. The SMILES string of the molecule is CCCCCCC[CH2][Sn]([Cl])([Cl])[Cl]. The summed E-state index contributed by atoms with van der Waals surface area (Å²) in [5, 5.41) is 0. The fourth-order valence-electron chi connectivity index (χ4n) is 1.11. The molecule has 0 atom stereocenters. The number of unbranched alkanes of at least 4 members (excludes halogenated alkanes) is 5. The molecule has 0 aromatic carbocycles. The zero-order chi connectivity index (χ0) is 9.45. The van der Waals surface area contributed by atoms with Crippen molar-refractivity contribution in [3.63, 3.8) is 0 Å². The first-order chi connectivity index (χ1) is 5.56. The fourth-order valence-corrected chi connectivity index (χ4v) is 5.65. The molecule has 12 heavy (non-hydrogen) atoms. The van der Waals surface area contributed by atoms with Gasteiger partial charge in [0.05, 0.1) is 0 Å². The van der Waals surface area contributed by atoms with Crippen LogP contribution in [0.25, 0.3) is 0 Å². The second-order valence-corrected chi connectivity index (χ2v) is 24.9. The van der Waals surface area contributed by atoms with Crippen LogP contribution in [0.15, 0.2) is 0 Å². The summed E-state index contributed by atoms with van der Waals surface area (Å²) in [5.74, 6) is 0. The van der Waals surface area contributed by atoms with Crippen LogP contribution in [0.2, 0.25) is 4.44 Å². The van der Waals surface area contributed by atoms with Gasteiger partial charge in [0.25, 0.3) is 0 Å². The molecule has 0 spiro atoms. The van der Waals surface area contributed by atoms with Gasteiger partial charge in [-0.3, -0.25) is 0 Å². The molecule has 0 N–H and O–H groups in total. The van der Waals surface area contributed by atoms with Gasteiger partial charge in [-0.1, -0.05) is 0 Å². The fraction of sp³-hybridized carbons (Fsp3) is 1.00. The van der Waals surface area contributed by atoms with E-state index < -0.39 is 15.0 Å². The summed E-state index contributed by atoms with van der Waals surface area (Å²) in [6.45, 7) is 2.22. The summed E-state index contributed by atoms with van der Waals surface area (Å²) >= 11 is -2.96. The molecule has 0 bridgehead atoms. The van der Waals surface area contributed by atoms with Gasteiger partial charge in [0.1, 0.15) is 0 Å². The van der Waals surface area contributed by atoms with E-state index in [1.807, 2.05) is 0 Å². The van der Waals surface area contributed by atoms with Crippen LogP contribution in [0, 0.1) is 0 Å². The standard InChI is InChI=1S/C8H17.3ClH.Sn/c1-3-5-7-8-6-4-2;;;;/h1,3-8H2,2H3;3*1H;/q;;;;+3/p-3. The van der Waals surface area contributed by atoms with Gasteiger partial charge in [-0.2, -0.15) is 0 Å². The van der Waals surface area contributed by atoms with Crippen molar-refractivity contribution in [3.8, 4) is 0 Å². The second-order valence-electron chi connectivity index (χ2n) is 3.13. The van der Waals surface area contributed by atoms with Crippen LogP contribution in [0.1, 0.15) is 45.4 Å². The molecule has 0 aliphatic rings. The monoisotopic (exact) mass is 338 g/mol. The van der Waals surface area contributed by atoms with Crippen LogP contribution in [0.5, 0.6) is 0 Å². The number of hydrogen-bond acceptors (Lipinski definition) is 0. The number of hydrogen-bond donors (Lipinski definition) is 0. The molecule has 4 heteroatoms. The van der Waals surface area contributed by atoms with Crippen molar-refractivity contribution in [2.75, 3.05) is 0 Å². The first kappa shape index (κ1) is 13.7. The average molecular weight is 338 g/mol. The van der Waals surface area contributed by atoms with Crippen molar-refractivity contribution in [1.29, 1.82) is 0 Å². The van der Waals surface area contributed by atoms with Gasteiger partial charge in [0.15, 0.2) is 0 Å². The van der Waals surface area contributed by atoms with Gasteiger partial charge >= 0.3 is 91.6 Å². The molecular weight excluding hydrogens is 321 g/mol. The van der Waals surface area contributed by atoms with Crippen LogP contribution in [-0.4, -0.2) is 15.0 Å². The topological polar surface area (TPSA) is 0 Å². The molecule has 0 saturated heterocycles. The maximum atomic E-state index is 5.81. The quantitative estimate of drug-likeness (QED) is 0.453. The molecule has 0 aromatic rings. The van der Waals surface area contributed by atoms with E-state index in [1.165, 1.54) is 32.1 Å². The summed E-state index contributed by atoms with van der Waals surface area (Å²) in [6, 6.07) is 0. The molecule has 74 valence electrons. The van der Waals surface area contributed by atoms with Gasteiger partial charge in [-0.25, -0.2) is 0 Å². The van der Waals surface area contributed by atoms with Gasteiger partial charge in [0.2, 0.25) is 0 Å². The Morgan fingerprint density at radius 1 is 0.833 bits per heavy atom. The molecule has 0 aliphatic carbocycles. The third kappa shape index (κ3) is 11.7. The normalized spacial score (nSPS) is 12.0. The van der Waals surface area contributed by atoms with Crippen LogP contribution in [0.4, 0.5) is 0 Å². The van der Waals surface area contributed by atoms with Crippen LogP contribution in [-0.2, 0) is 0 Å². The minimum absolute atomic E-state index is 0.894. The Morgan fingerprint density at radius 2 is 1.33 bits per heavy atom. The Kier molecular flexibility index (Phi) is 9.13. The zero-order valence-corrected chi connectivity index (χ0v) is 12.7. The van der Waals surface area contributed by atoms with Gasteiger partial charge in [-0.15, -0.1) is 0 Å². The van der Waals surface area contributed by atoms with Gasteiger partial charge in [0, 0.05) is 0 Å². The number of halogens is 3. The van der Waals surface area contributed by atoms with Crippen molar-refractivity contribution in [3.05, 3.63) is 0 Å². The minimum atomic E-state index is -2.96. The molecule has 0 amide bonds. The summed E-state index contributed by atoms with van der Waals surface area (Å²) < 4.78 is 0.894. The third-order valence-electron chi connectivity index (χ3n) is 1.81. The molecule has 0 fully saturated rings. The average Bonchev–Trinajstić information content (AvgIpc) is 1.94. The molecule has 0 aliphatic heterocycles. The first-order valence-corrected chi connectivity index (χ1v) is 17.5. The predicted octanol–water partition coefficient (Wildman–Crippen LogP) is 5.00. The summed E-state index contributed by atoms with van der Waals surface area (Å²) in [7, 11) is 17.4. The van der Waals surface area contributed by atoms with Gasteiger partial charge < -0.3 is 0 Å². The van der Waals surface area contributed by atoms with Crippen LogP contribution in [0.3, 0.4) is 0 Å². The molecule has 0 saturated carbocycles. The molecule has 0 heterocycles. The first-order valence-electron chi connectivity index (χ1n) is 4.63. The maximum absolute atomic E-state index is 5.81. The Bertz CT molecular complexity index is 101. The third-order valence-corrected chi connectivity index (χ3v) is 8.24.